The predicted molar refractivity (Wildman–Crippen MR) is 87.0 cm³/mol. The zero-order valence-electron chi connectivity index (χ0n) is 12.8. The van der Waals surface area contributed by atoms with Crippen molar-refractivity contribution in [1.29, 1.82) is 0 Å². The van der Waals surface area contributed by atoms with Crippen molar-refractivity contribution in [1.82, 2.24) is 5.32 Å². The first-order chi connectivity index (χ1) is 11.7. The number of hydrogen-bond acceptors (Lipinski definition) is 2. The summed E-state index contributed by atoms with van der Waals surface area (Å²) in [6, 6.07) is 9.47. The van der Waals surface area contributed by atoms with Crippen LogP contribution < -0.4 is 11.1 Å². The molecule has 0 aliphatic heterocycles. The van der Waals surface area contributed by atoms with Gasteiger partial charge in [-0.2, -0.15) is 13.2 Å². The third-order valence-electron chi connectivity index (χ3n) is 3.48. The van der Waals surface area contributed by atoms with Crippen molar-refractivity contribution in [3.05, 3.63) is 70.2 Å². The van der Waals surface area contributed by atoms with Crippen molar-refractivity contribution < 1.29 is 22.8 Å². The minimum absolute atomic E-state index is 0.0275. The van der Waals surface area contributed by atoms with Gasteiger partial charge >= 0.3 is 6.18 Å². The Bertz CT molecular complexity index is 793. The molecule has 0 bridgehead atoms. The summed E-state index contributed by atoms with van der Waals surface area (Å²) in [5.74, 6) is -1.65. The standard InChI is InChI=1S/C17H14ClF3N2O2/c18-13-7-2-1-4-10(13)9-14(15(22)24)23-16(25)11-5-3-6-12(8-11)17(19,20)21/h1-8,14H,9H2,(H2,22,24)(H,23,25)/t14-/m0/s1. The Kier molecular flexibility index (Phi) is 5.69. The number of carbonyl (C=O) groups excluding carboxylic acids is 2. The van der Waals surface area contributed by atoms with Crippen LogP contribution >= 0.6 is 11.6 Å². The molecule has 0 fully saturated rings. The third kappa shape index (κ3) is 4.96. The number of carbonyl (C=O) groups is 2. The van der Waals surface area contributed by atoms with E-state index in [1.54, 1.807) is 24.3 Å². The van der Waals surface area contributed by atoms with Gasteiger partial charge in [0.1, 0.15) is 6.04 Å². The average molecular weight is 371 g/mol. The van der Waals surface area contributed by atoms with Crippen LogP contribution in [0.15, 0.2) is 48.5 Å². The molecule has 0 saturated carbocycles. The molecule has 0 aliphatic carbocycles. The molecule has 0 aliphatic rings. The highest BCUT2D eigenvalue weighted by Crippen LogP contribution is 2.29. The van der Waals surface area contributed by atoms with Crippen LogP contribution in [0.1, 0.15) is 21.5 Å². The minimum atomic E-state index is -4.57. The van der Waals surface area contributed by atoms with Crippen LogP contribution in [0.5, 0.6) is 0 Å². The van der Waals surface area contributed by atoms with Gasteiger partial charge in [-0.1, -0.05) is 35.9 Å². The molecule has 2 aromatic carbocycles. The van der Waals surface area contributed by atoms with E-state index in [1.165, 1.54) is 6.07 Å². The molecule has 0 spiro atoms. The van der Waals surface area contributed by atoms with Crippen LogP contribution in [0.4, 0.5) is 13.2 Å². The molecule has 2 aromatic rings. The largest absolute Gasteiger partial charge is 0.416 e. The lowest BCUT2D eigenvalue weighted by atomic mass is 10.0. The van der Waals surface area contributed by atoms with Crippen LogP contribution in [0.3, 0.4) is 0 Å². The van der Waals surface area contributed by atoms with E-state index in [0.717, 1.165) is 12.1 Å². The number of rotatable bonds is 5. The second kappa shape index (κ2) is 7.57. The van der Waals surface area contributed by atoms with Gasteiger partial charge < -0.3 is 11.1 Å². The fourth-order valence-corrected chi connectivity index (χ4v) is 2.40. The van der Waals surface area contributed by atoms with E-state index in [0.29, 0.717) is 16.7 Å². The number of amides is 2. The number of nitrogens with one attached hydrogen (secondary N) is 1. The number of alkyl halides is 3. The molecule has 4 nitrogen and oxygen atoms in total. The Morgan fingerprint density at radius 2 is 1.80 bits per heavy atom. The summed E-state index contributed by atoms with van der Waals surface area (Å²) in [5, 5.41) is 2.74. The Hall–Kier alpha value is -2.54. The smallest absolute Gasteiger partial charge is 0.368 e. The van der Waals surface area contributed by atoms with Gasteiger partial charge in [0, 0.05) is 17.0 Å². The maximum absolute atomic E-state index is 12.7. The quantitative estimate of drug-likeness (QED) is 0.848. The van der Waals surface area contributed by atoms with Gasteiger partial charge in [-0.15, -0.1) is 0 Å². The molecule has 0 aromatic heterocycles. The maximum atomic E-state index is 12.7. The first kappa shape index (κ1) is 18.8. The van der Waals surface area contributed by atoms with E-state index in [2.05, 4.69) is 5.32 Å². The SMILES string of the molecule is NC(=O)[C@H](Cc1ccccc1Cl)NC(=O)c1cccc(C(F)(F)F)c1. The molecule has 2 rings (SSSR count). The predicted octanol–water partition coefficient (Wildman–Crippen LogP) is 3.19. The zero-order valence-corrected chi connectivity index (χ0v) is 13.6. The van der Waals surface area contributed by atoms with Gasteiger partial charge in [0.05, 0.1) is 5.56 Å². The van der Waals surface area contributed by atoms with Crippen molar-refractivity contribution in [2.75, 3.05) is 0 Å². The summed E-state index contributed by atoms with van der Waals surface area (Å²) in [6.45, 7) is 0. The first-order valence-electron chi connectivity index (χ1n) is 7.19. The summed E-state index contributed by atoms with van der Waals surface area (Å²) in [6.07, 6.45) is -4.54. The highest BCUT2D eigenvalue weighted by Gasteiger charge is 2.31. The highest BCUT2D eigenvalue weighted by atomic mass is 35.5. The molecular weight excluding hydrogens is 357 g/mol. The van der Waals surface area contributed by atoms with Crippen LogP contribution in [0, 0.1) is 0 Å². The molecule has 0 unspecified atom stereocenters. The number of hydrogen-bond donors (Lipinski definition) is 2. The molecule has 0 heterocycles. The molecule has 0 saturated heterocycles. The Labute approximate surface area is 146 Å². The summed E-state index contributed by atoms with van der Waals surface area (Å²) in [5.41, 5.74) is 4.69. The molecule has 2 amide bonds. The molecule has 132 valence electrons. The fourth-order valence-electron chi connectivity index (χ4n) is 2.18. The normalized spacial score (nSPS) is 12.5. The average Bonchev–Trinajstić information content (AvgIpc) is 2.55. The monoisotopic (exact) mass is 370 g/mol. The van der Waals surface area contributed by atoms with E-state index in [-0.39, 0.29) is 12.0 Å². The molecular formula is C17H14ClF3N2O2. The number of primary amides is 1. The lowest BCUT2D eigenvalue weighted by Crippen LogP contribution is -2.45. The highest BCUT2D eigenvalue weighted by molar-refractivity contribution is 6.31. The number of nitrogens with two attached hydrogens (primary N) is 1. The molecule has 8 heteroatoms. The van der Waals surface area contributed by atoms with Crippen molar-refractivity contribution >= 4 is 23.4 Å². The topological polar surface area (TPSA) is 72.2 Å². The first-order valence-corrected chi connectivity index (χ1v) is 7.57. The van der Waals surface area contributed by atoms with E-state index in [1.807, 2.05) is 0 Å². The van der Waals surface area contributed by atoms with E-state index >= 15 is 0 Å². The fraction of sp³-hybridized carbons (Fsp3) is 0.176. The van der Waals surface area contributed by atoms with Gasteiger partial charge in [0.25, 0.3) is 5.91 Å². The molecule has 0 radical (unpaired) electrons. The zero-order chi connectivity index (χ0) is 18.6. The summed E-state index contributed by atoms with van der Waals surface area (Å²) >= 11 is 6.01. The van der Waals surface area contributed by atoms with Gasteiger partial charge in [-0.3, -0.25) is 9.59 Å². The Balaban J connectivity index is 2.18. The Morgan fingerprint density at radius 3 is 2.40 bits per heavy atom. The van der Waals surface area contributed by atoms with Crippen LogP contribution in [-0.4, -0.2) is 17.9 Å². The lowest BCUT2D eigenvalue weighted by molar-refractivity contribution is -0.137. The second-order valence-electron chi connectivity index (χ2n) is 5.30. The molecule has 3 N–H and O–H groups in total. The van der Waals surface area contributed by atoms with Gasteiger partial charge in [-0.05, 0) is 29.8 Å². The van der Waals surface area contributed by atoms with E-state index in [4.69, 9.17) is 17.3 Å². The van der Waals surface area contributed by atoms with Crippen LogP contribution in [-0.2, 0) is 17.4 Å². The summed E-state index contributed by atoms with van der Waals surface area (Å²) in [7, 11) is 0. The summed E-state index contributed by atoms with van der Waals surface area (Å²) in [4.78, 5) is 23.8. The summed E-state index contributed by atoms with van der Waals surface area (Å²) < 4.78 is 38.2. The van der Waals surface area contributed by atoms with Gasteiger partial charge in [0.2, 0.25) is 5.91 Å². The van der Waals surface area contributed by atoms with Crippen molar-refractivity contribution in [2.45, 2.75) is 18.6 Å². The third-order valence-corrected chi connectivity index (χ3v) is 3.85. The number of halogens is 4. The van der Waals surface area contributed by atoms with Crippen molar-refractivity contribution in [2.24, 2.45) is 5.73 Å². The van der Waals surface area contributed by atoms with Crippen molar-refractivity contribution in [3.8, 4) is 0 Å². The minimum Gasteiger partial charge on any atom is -0.368 e. The van der Waals surface area contributed by atoms with Crippen LogP contribution in [0.25, 0.3) is 0 Å². The van der Waals surface area contributed by atoms with Gasteiger partial charge in [-0.25, -0.2) is 0 Å². The van der Waals surface area contributed by atoms with Gasteiger partial charge in [0.15, 0.2) is 0 Å². The maximum Gasteiger partial charge on any atom is 0.416 e. The van der Waals surface area contributed by atoms with Crippen molar-refractivity contribution in [3.63, 3.8) is 0 Å². The molecule has 25 heavy (non-hydrogen) atoms. The lowest BCUT2D eigenvalue weighted by Gasteiger charge is -2.17. The second-order valence-corrected chi connectivity index (χ2v) is 5.71. The number of benzene rings is 2. The molecule has 1 atom stereocenters. The Morgan fingerprint density at radius 1 is 1.12 bits per heavy atom. The van der Waals surface area contributed by atoms with Crippen LogP contribution in [0.2, 0.25) is 5.02 Å². The van der Waals surface area contributed by atoms with E-state index < -0.39 is 29.6 Å². The van der Waals surface area contributed by atoms with E-state index in [9.17, 15) is 22.8 Å².